The molecule has 0 radical (unpaired) electrons. The number of rotatable bonds is 5. The number of hydrogen-bond donors (Lipinski definition) is 1. The molecule has 104 valence electrons. The zero-order chi connectivity index (χ0) is 14.4. The standard InChI is InChI=1S/C15H17N3O2/c1-12(18-14(19)8-5-10-17-18)15(20)16-11-9-13-6-3-2-4-7-13/h2-8,10,12H,9,11H2,1H3,(H,16,20). The van der Waals surface area contributed by atoms with Crippen molar-refractivity contribution in [3.63, 3.8) is 0 Å². The first-order chi connectivity index (χ1) is 9.68. The lowest BCUT2D eigenvalue weighted by Crippen LogP contribution is -2.37. The van der Waals surface area contributed by atoms with Gasteiger partial charge in [-0.05, 0) is 25.0 Å². The number of hydrogen-bond acceptors (Lipinski definition) is 3. The van der Waals surface area contributed by atoms with E-state index in [4.69, 9.17) is 0 Å². The van der Waals surface area contributed by atoms with Gasteiger partial charge in [-0.25, -0.2) is 4.68 Å². The normalized spacial score (nSPS) is 11.8. The van der Waals surface area contributed by atoms with Gasteiger partial charge in [0.25, 0.3) is 5.56 Å². The topological polar surface area (TPSA) is 64.0 Å². The van der Waals surface area contributed by atoms with Crippen LogP contribution in [0.1, 0.15) is 18.5 Å². The molecule has 5 nitrogen and oxygen atoms in total. The van der Waals surface area contributed by atoms with Crippen LogP contribution in [0.4, 0.5) is 0 Å². The SMILES string of the molecule is CC(C(=O)NCCc1ccccc1)n1ncccc1=O. The molecule has 2 aromatic rings. The first-order valence-electron chi connectivity index (χ1n) is 6.54. The second kappa shape index (κ2) is 6.65. The monoisotopic (exact) mass is 271 g/mol. The minimum Gasteiger partial charge on any atom is -0.354 e. The van der Waals surface area contributed by atoms with Crippen molar-refractivity contribution in [2.45, 2.75) is 19.4 Å². The van der Waals surface area contributed by atoms with Gasteiger partial charge in [-0.15, -0.1) is 0 Å². The molecule has 2 rings (SSSR count). The highest BCUT2D eigenvalue weighted by Gasteiger charge is 2.15. The third-order valence-electron chi connectivity index (χ3n) is 3.04. The summed E-state index contributed by atoms with van der Waals surface area (Å²) in [5, 5.41) is 6.73. The predicted octanol–water partition coefficient (Wildman–Crippen LogP) is 1.16. The fourth-order valence-electron chi connectivity index (χ4n) is 1.89. The fourth-order valence-corrected chi connectivity index (χ4v) is 1.89. The van der Waals surface area contributed by atoms with E-state index in [-0.39, 0.29) is 11.5 Å². The van der Waals surface area contributed by atoms with Crippen LogP contribution < -0.4 is 10.9 Å². The maximum Gasteiger partial charge on any atom is 0.267 e. The molecule has 0 saturated heterocycles. The molecule has 0 saturated carbocycles. The summed E-state index contributed by atoms with van der Waals surface area (Å²) in [6.07, 6.45) is 2.26. The third-order valence-corrected chi connectivity index (χ3v) is 3.04. The zero-order valence-corrected chi connectivity index (χ0v) is 11.3. The van der Waals surface area contributed by atoms with Crippen LogP contribution in [0, 0.1) is 0 Å². The molecule has 1 unspecified atom stereocenters. The van der Waals surface area contributed by atoms with Crippen molar-refractivity contribution in [3.8, 4) is 0 Å². The highest BCUT2D eigenvalue weighted by atomic mass is 16.2. The maximum absolute atomic E-state index is 12.0. The highest BCUT2D eigenvalue weighted by Crippen LogP contribution is 2.01. The molecule has 1 heterocycles. The van der Waals surface area contributed by atoms with Gasteiger partial charge in [-0.3, -0.25) is 9.59 Å². The minimum absolute atomic E-state index is 0.207. The molecule has 0 bridgehead atoms. The Kier molecular flexibility index (Phi) is 4.65. The summed E-state index contributed by atoms with van der Waals surface area (Å²) in [4.78, 5) is 23.6. The minimum atomic E-state index is -0.612. The van der Waals surface area contributed by atoms with Gasteiger partial charge in [0.15, 0.2) is 0 Å². The molecule has 1 aromatic carbocycles. The molecule has 0 aliphatic rings. The second-order valence-electron chi connectivity index (χ2n) is 4.51. The average molecular weight is 271 g/mol. The van der Waals surface area contributed by atoms with E-state index in [2.05, 4.69) is 10.4 Å². The van der Waals surface area contributed by atoms with Crippen LogP contribution in [-0.4, -0.2) is 22.2 Å². The van der Waals surface area contributed by atoms with Gasteiger partial charge in [0, 0.05) is 18.8 Å². The van der Waals surface area contributed by atoms with E-state index < -0.39 is 6.04 Å². The number of nitrogens with one attached hydrogen (secondary N) is 1. The maximum atomic E-state index is 12.0. The van der Waals surface area contributed by atoms with Crippen molar-refractivity contribution in [1.82, 2.24) is 15.1 Å². The Balaban J connectivity index is 1.89. The first kappa shape index (κ1) is 14.0. The number of amides is 1. The predicted molar refractivity (Wildman–Crippen MR) is 76.4 cm³/mol. The van der Waals surface area contributed by atoms with Gasteiger partial charge in [0.1, 0.15) is 6.04 Å². The molecule has 0 aliphatic carbocycles. The quantitative estimate of drug-likeness (QED) is 0.887. The van der Waals surface area contributed by atoms with Crippen LogP contribution >= 0.6 is 0 Å². The Hall–Kier alpha value is -2.43. The molecule has 1 atom stereocenters. The van der Waals surface area contributed by atoms with Gasteiger partial charge < -0.3 is 5.32 Å². The van der Waals surface area contributed by atoms with Gasteiger partial charge in [0.05, 0.1) is 0 Å². The van der Waals surface area contributed by atoms with E-state index in [1.54, 1.807) is 13.0 Å². The lowest BCUT2D eigenvalue weighted by atomic mass is 10.1. The molecule has 0 aliphatic heterocycles. The summed E-state index contributed by atoms with van der Waals surface area (Å²) < 4.78 is 1.18. The Morgan fingerprint density at radius 3 is 2.70 bits per heavy atom. The van der Waals surface area contributed by atoms with Crippen LogP contribution in [0.15, 0.2) is 53.5 Å². The molecule has 1 aromatic heterocycles. The molecular weight excluding hydrogens is 254 g/mol. The molecule has 5 heteroatoms. The number of aromatic nitrogens is 2. The van der Waals surface area contributed by atoms with Gasteiger partial charge in [0.2, 0.25) is 5.91 Å². The molecule has 0 fully saturated rings. The Bertz CT molecular complexity index is 622. The largest absolute Gasteiger partial charge is 0.354 e. The molecule has 0 spiro atoms. The summed E-state index contributed by atoms with van der Waals surface area (Å²) >= 11 is 0. The summed E-state index contributed by atoms with van der Waals surface area (Å²) in [5.41, 5.74) is 0.883. The van der Waals surface area contributed by atoms with Crippen molar-refractivity contribution >= 4 is 5.91 Å². The van der Waals surface area contributed by atoms with E-state index in [0.29, 0.717) is 6.54 Å². The summed E-state index contributed by atoms with van der Waals surface area (Å²) in [7, 11) is 0. The summed E-state index contributed by atoms with van der Waals surface area (Å²) in [6.45, 7) is 2.20. The second-order valence-corrected chi connectivity index (χ2v) is 4.51. The average Bonchev–Trinajstić information content (AvgIpc) is 2.48. The van der Waals surface area contributed by atoms with E-state index in [1.165, 1.54) is 16.9 Å². The molecule has 1 amide bonds. The van der Waals surface area contributed by atoms with Crippen LogP contribution in [0.25, 0.3) is 0 Å². The van der Waals surface area contributed by atoms with Gasteiger partial charge in [-0.2, -0.15) is 5.10 Å². The van der Waals surface area contributed by atoms with E-state index in [9.17, 15) is 9.59 Å². The van der Waals surface area contributed by atoms with E-state index in [1.807, 2.05) is 30.3 Å². The van der Waals surface area contributed by atoms with Crippen molar-refractivity contribution in [1.29, 1.82) is 0 Å². The van der Waals surface area contributed by atoms with Crippen molar-refractivity contribution in [3.05, 3.63) is 64.6 Å². The lowest BCUT2D eigenvalue weighted by Gasteiger charge is -2.13. The smallest absolute Gasteiger partial charge is 0.267 e. The summed E-state index contributed by atoms with van der Waals surface area (Å²) in [6, 6.07) is 12.2. The zero-order valence-electron chi connectivity index (χ0n) is 11.3. The van der Waals surface area contributed by atoms with Crippen molar-refractivity contribution in [2.24, 2.45) is 0 Å². The first-order valence-corrected chi connectivity index (χ1v) is 6.54. The van der Waals surface area contributed by atoms with E-state index >= 15 is 0 Å². The van der Waals surface area contributed by atoms with Crippen LogP contribution in [0.5, 0.6) is 0 Å². The summed E-state index contributed by atoms with van der Waals surface area (Å²) in [5.74, 6) is -0.207. The van der Waals surface area contributed by atoms with E-state index in [0.717, 1.165) is 12.0 Å². The van der Waals surface area contributed by atoms with Crippen molar-refractivity contribution < 1.29 is 4.79 Å². The highest BCUT2D eigenvalue weighted by molar-refractivity contribution is 5.79. The van der Waals surface area contributed by atoms with Gasteiger partial charge in [-0.1, -0.05) is 30.3 Å². The third kappa shape index (κ3) is 3.54. The van der Waals surface area contributed by atoms with Gasteiger partial charge >= 0.3 is 0 Å². The Labute approximate surface area is 117 Å². The van der Waals surface area contributed by atoms with Crippen LogP contribution in [0.3, 0.4) is 0 Å². The molecule has 1 N–H and O–H groups in total. The molecule has 20 heavy (non-hydrogen) atoms. The number of nitrogens with zero attached hydrogens (tertiary/aromatic N) is 2. The van der Waals surface area contributed by atoms with Crippen LogP contribution in [0.2, 0.25) is 0 Å². The number of carbonyl (C=O) groups excluding carboxylic acids is 1. The number of carbonyl (C=O) groups is 1. The van der Waals surface area contributed by atoms with Crippen LogP contribution in [-0.2, 0) is 11.2 Å². The number of benzene rings is 1. The Morgan fingerprint density at radius 2 is 2.00 bits per heavy atom. The lowest BCUT2D eigenvalue weighted by molar-refractivity contribution is -0.124. The fraction of sp³-hybridized carbons (Fsp3) is 0.267. The Morgan fingerprint density at radius 1 is 1.25 bits per heavy atom. The molecular formula is C15H17N3O2. The van der Waals surface area contributed by atoms with Crippen molar-refractivity contribution in [2.75, 3.05) is 6.54 Å².